The Bertz CT molecular complexity index is 755. The van der Waals surface area contributed by atoms with Crippen LogP contribution in [0.4, 0.5) is 0 Å². The second kappa shape index (κ2) is 15.4. The molecule has 0 saturated carbocycles. The fraction of sp³-hybridized carbons (Fsp3) is 0.700. The van der Waals surface area contributed by atoms with E-state index in [0.717, 1.165) is 0 Å². The summed E-state index contributed by atoms with van der Waals surface area (Å²) in [5.74, 6) is -4.33. The van der Waals surface area contributed by atoms with E-state index in [1.54, 1.807) is 13.8 Å². The van der Waals surface area contributed by atoms with Crippen molar-refractivity contribution in [1.29, 1.82) is 0 Å². The Morgan fingerprint density at radius 3 is 2.03 bits per heavy atom. The molecule has 34 heavy (non-hydrogen) atoms. The molecule has 0 bridgehead atoms. The zero-order valence-corrected chi connectivity index (χ0v) is 19.9. The molecule has 0 rings (SSSR count). The number of primary amides is 1. The Morgan fingerprint density at radius 1 is 0.912 bits per heavy atom. The van der Waals surface area contributed by atoms with Crippen molar-refractivity contribution in [3.05, 3.63) is 0 Å². The van der Waals surface area contributed by atoms with Gasteiger partial charge in [0.2, 0.25) is 23.6 Å². The molecule has 0 radical (unpaired) electrons. The minimum atomic E-state index is -1.20. The van der Waals surface area contributed by atoms with E-state index in [1.165, 1.54) is 6.92 Å². The smallest absolute Gasteiger partial charge is 0.326 e. The highest BCUT2D eigenvalue weighted by Crippen LogP contribution is 2.09. The molecule has 5 atom stereocenters. The summed E-state index contributed by atoms with van der Waals surface area (Å²) >= 11 is 0. The Hall–Kier alpha value is -3.42. The topological polar surface area (TPSA) is 258 Å². The molecule has 14 heteroatoms. The Morgan fingerprint density at radius 2 is 1.53 bits per heavy atom. The lowest BCUT2D eigenvalue weighted by atomic mass is 9.98. The summed E-state index contributed by atoms with van der Waals surface area (Å²) in [6.07, 6.45) is 0.861. The molecule has 0 aromatic rings. The van der Waals surface area contributed by atoms with Crippen molar-refractivity contribution in [2.75, 3.05) is 6.54 Å². The number of carboxylic acids is 1. The van der Waals surface area contributed by atoms with Crippen LogP contribution >= 0.6 is 0 Å². The van der Waals surface area contributed by atoms with Crippen molar-refractivity contribution >= 4 is 35.6 Å². The Balaban J connectivity index is 5.26. The van der Waals surface area contributed by atoms with Crippen molar-refractivity contribution < 1.29 is 29.1 Å². The van der Waals surface area contributed by atoms with Gasteiger partial charge in [-0.3, -0.25) is 24.2 Å². The molecule has 0 saturated heterocycles. The molecule has 0 spiro atoms. The van der Waals surface area contributed by atoms with E-state index in [1.807, 2.05) is 0 Å². The standard InChI is InChI=1S/C20H38N8O6/c1-4-10(2)15(19(33)34)28-18(32)13(6-5-9-25-20(23)24)27-16(30)11(3)26-17(31)12(21)7-8-14(22)29/h10-13,15H,4-9,21H2,1-3H3,(H2,22,29)(H,26,31)(H,27,30)(H,28,32)(H,33,34)(H4,23,24,25). The van der Waals surface area contributed by atoms with Gasteiger partial charge in [-0.1, -0.05) is 20.3 Å². The fourth-order valence-electron chi connectivity index (χ4n) is 2.82. The molecule has 194 valence electrons. The molecule has 0 aliphatic carbocycles. The van der Waals surface area contributed by atoms with Gasteiger partial charge in [-0.25, -0.2) is 4.79 Å². The van der Waals surface area contributed by atoms with Gasteiger partial charge in [0, 0.05) is 13.0 Å². The largest absolute Gasteiger partial charge is 0.480 e. The SMILES string of the molecule is CCC(C)C(NC(=O)C(CCCN=C(N)N)NC(=O)C(C)NC(=O)C(N)CCC(N)=O)C(=O)O. The van der Waals surface area contributed by atoms with Crippen LogP contribution < -0.4 is 38.9 Å². The molecule has 4 amide bonds. The maximum Gasteiger partial charge on any atom is 0.326 e. The van der Waals surface area contributed by atoms with E-state index in [-0.39, 0.29) is 37.7 Å². The van der Waals surface area contributed by atoms with Gasteiger partial charge in [0.25, 0.3) is 0 Å². The maximum absolute atomic E-state index is 12.8. The molecule has 0 fully saturated rings. The first-order chi connectivity index (χ1) is 15.8. The summed E-state index contributed by atoms with van der Waals surface area (Å²) in [6.45, 7) is 5.06. The van der Waals surface area contributed by atoms with E-state index in [0.29, 0.717) is 12.8 Å². The van der Waals surface area contributed by atoms with Gasteiger partial charge >= 0.3 is 5.97 Å². The number of carbonyl (C=O) groups is 5. The molecule has 0 aliphatic heterocycles. The Labute approximate surface area is 198 Å². The molecule has 0 heterocycles. The van der Waals surface area contributed by atoms with Crippen LogP contribution in [0.5, 0.6) is 0 Å². The molecule has 14 nitrogen and oxygen atoms in total. The average Bonchev–Trinajstić information content (AvgIpc) is 2.76. The number of aliphatic imine (C=N–C) groups is 1. The number of guanidine groups is 1. The number of nitrogens with two attached hydrogens (primary N) is 4. The van der Waals surface area contributed by atoms with Crippen molar-refractivity contribution in [3.8, 4) is 0 Å². The summed E-state index contributed by atoms with van der Waals surface area (Å²) in [7, 11) is 0. The minimum absolute atomic E-state index is 0.0114. The molecule has 12 N–H and O–H groups in total. The van der Waals surface area contributed by atoms with Gasteiger partial charge in [-0.05, 0) is 32.1 Å². The summed E-state index contributed by atoms with van der Waals surface area (Å²) < 4.78 is 0. The first-order valence-electron chi connectivity index (χ1n) is 11.0. The lowest BCUT2D eigenvalue weighted by Crippen LogP contribution is -2.57. The van der Waals surface area contributed by atoms with Crippen molar-refractivity contribution in [3.63, 3.8) is 0 Å². The van der Waals surface area contributed by atoms with Crippen LogP contribution in [-0.4, -0.2) is 71.4 Å². The number of hydrogen-bond acceptors (Lipinski definition) is 7. The predicted octanol–water partition coefficient (Wildman–Crippen LogP) is -2.76. The quantitative estimate of drug-likeness (QED) is 0.0637. The van der Waals surface area contributed by atoms with Crippen LogP contribution in [0.1, 0.15) is 52.9 Å². The third-order valence-electron chi connectivity index (χ3n) is 5.15. The van der Waals surface area contributed by atoms with Gasteiger partial charge in [-0.15, -0.1) is 0 Å². The van der Waals surface area contributed by atoms with Crippen LogP contribution in [0.15, 0.2) is 4.99 Å². The summed E-state index contributed by atoms with van der Waals surface area (Å²) in [4.78, 5) is 63.8. The number of hydrogen-bond donors (Lipinski definition) is 8. The van der Waals surface area contributed by atoms with Crippen LogP contribution in [0.3, 0.4) is 0 Å². The van der Waals surface area contributed by atoms with Crippen LogP contribution in [-0.2, 0) is 24.0 Å². The number of amides is 4. The van der Waals surface area contributed by atoms with E-state index in [9.17, 15) is 29.1 Å². The summed E-state index contributed by atoms with van der Waals surface area (Å²) in [5.41, 5.74) is 21.3. The third-order valence-corrected chi connectivity index (χ3v) is 5.15. The van der Waals surface area contributed by atoms with Gasteiger partial charge in [0.1, 0.15) is 18.1 Å². The fourth-order valence-corrected chi connectivity index (χ4v) is 2.82. The number of carboxylic acid groups (broad SMARTS) is 1. The molecular formula is C20H38N8O6. The van der Waals surface area contributed by atoms with Gasteiger partial charge in [0.05, 0.1) is 6.04 Å². The second-order valence-electron chi connectivity index (χ2n) is 8.06. The zero-order valence-electron chi connectivity index (χ0n) is 19.9. The molecular weight excluding hydrogens is 448 g/mol. The minimum Gasteiger partial charge on any atom is -0.480 e. The average molecular weight is 487 g/mol. The number of nitrogens with zero attached hydrogens (tertiary/aromatic N) is 1. The van der Waals surface area contributed by atoms with E-state index in [4.69, 9.17) is 22.9 Å². The predicted molar refractivity (Wildman–Crippen MR) is 125 cm³/mol. The lowest BCUT2D eigenvalue weighted by molar-refractivity contribution is -0.144. The number of aliphatic carboxylic acids is 1. The number of carbonyl (C=O) groups excluding carboxylic acids is 4. The van der Waals surface area contributed by atoms with E-state index < -0.39 is 53.8 Å². The van der Waals surface area contributed by atoms with Crippen LogP contribution in [0.25, 0.3) is 0 Å². The highest BCUT2D eigenvalue weighted by molar-refractivity contribution is 5.94. The Kier molecular flexibility index (Phi) is 13.9. The molecule has 0 aromatic heterocycles. The first-order valence-corrected chi connectivity index (χ1v) is 11.0. The van der Waals surface area contributed by atoms with Crippen molar-refractivity contribution in [2.45, 2.75) is 77.0 Å². The highest BCUT2D eigenvalue weighted by Gasteiger charge is 2.30. The van der Waals surface area contributed by atoms with Crippen molar-refractivity contribution in [1.82, 2.24) is 16.0 Å². The van der Waals surface area contributed by atoms with E-state index >= 15 is 0 Å². The van der Waals surface area contributed by atoms with Crippen molar-refractivity contribution in [2.24, 2.45) is 33.8 Å². The highest BCUT2D eigenvalue weighted by atomic mass is 16.4. The monoisotopic (exact) mass is 486 g/mol. The molecule has 0 aromatic carbocycles. The zero-order chi connectivity index (χ0) is 26.4. The lowest BCUT2D eigenvalue weighted by Gasteiger charge is -2.25. The number of rotatable bonds is 16. The maximum atomic E-state index is 12.8. The first kappa shape index (κ1) is 30.6. The number of nitrogens with one attached hydrogen (secondary N) is 3. The van der Waals surface area contributed by atoms with Gasteiger partial charge in [0.15, 0.2) is 5.96 Å². The normalized spacial score (nSPS) is 15.1. The van der Waals surface area contributed by atoms with E-state index in [2.05, 4.69) is 20.9 Å². The third kappa shape index (κ3) is 12.0. The second-order valence-corrected chi connectivity index (χ2v) is 8.06. The van der Waals surface area contributed by atoms with Gasteiger partial charge < -0.3 is 44.0 Å². The van der Waals surface area contributed by atoms with Crippen LogP contribution in [0, 0.1) is 5.92 Å². The molecule has 5 unspecified atom stereocenters. The van der Waals surface area contributed by atoms with Gasteiger partial charge in [-0.2, -0.15) is 0 Å². The summed E-state index contributed by atoms with van der Waals surface area (Å²) in [6, 6.07) is -4.36. The van der Waals surface area contributed by atoms with Crippen LogP contribution in [0.2, 0.25) is 0 Å². The summed E-state index contributed by atoms with van der Waals surface area (Å²) in [5, 5.41) is 16.8. The molecule has 0 aliphatic rings.